The Morgan fingerprint density at radius 1 is 1.40 bits per heavy atom. The number of hydrogen-bond donors (Lipinski definition) is 0. The Kier molecular flexibility index (Phi) is 4.24. The third-order valence-electron chi connectivity index (χ3n) is 1.75. The summed E-state index contributed by atoms with van der Waals surface area (Å²) in [6, 6.07) is 3.05. The average molecular weight is 249 g/mol. The van der Waals surface area contributed by atoms with Crippen molar-refractivity contribution in [1.82, 2.24) is 0 Å². The number of carbonyl (C=O) groups excluding carboxylic acids is 1. The van der Waals surface area contributed by atoms with E-state index >= 15 is 0 Å². The van der Waals surface area contributed by atoms with Crippen LogP contribution in [0.5, 0.6) is 5.75 Å². The standard InChI is InChI=1S/C10H10Cl2O3/c1-3-15-10(13)6-4-5-7(11)8(12)9(6)14-2/h4-5H,3H2,1-2H3. The number of benzene rings is 1. The molecule has 1 aromatic carbocycles. The Bertz CT molecular complexity index is 377. The Balaban J connectivity index is 3.18. The van der Waals surface area contributed by atoms with Gasteiger partial charge in [0.05, 0.1) is 18.7 Å². The number of halogens is 2. The van der Waals surface area contributed by atoms with Gasteiger partial charge in [-0.3, -0.25) is 0 Å². The fourth-order valence-electron chi connectivity index (χ4n) is 1.10. The Labute approximate surface area is 97.9 Å². The molecule has 0 saturated heterocycles. The molecule has 0 aliphatic rings. The van der Waals surface area contributed by atoms with E-state index in [1.807, 2.05) is 0 Å². The van der Waals surface area contributed by atoms with Crippen LogP contribution in [-0.2, 0) is 4.74 Å². The summed E-state index contributed by atoms with van der Waals surface area (Å²) >= 11 is 11.7. The third-order valence-corrected chi connectivity index (χ3v) is 2.54. The first kappa shape index (κ1) is 12.1. The summed E-state index contributed by atoms with van der Waals surface area (Å²) in [6.45, 7) is 2.02. The zero-order chi connectivity index (χ0) is 11.4. The number of ether oxygens (including phenoxy) is 2. The van der Waals surface area contributed by atoms with E-state index in [9.17, 15) is 4.79 Å². The number of methoxy groups -OCH3 is 1. The maximum Gasteiger partial charge on any atom is 0.341 e. The molecule has 1 aromatic rings. The molecule has 1 rings (SSSR count). The van der Waals surface area contributed by atoms with Gasteiger partial charge in [0.2, 0.25) is 0 Å². The molecule has 0 N–H and O–H groups in total. The molecule has 0 aliphatic heterocycles. The molecule has 0 radical (unpaired) electrons. The quantitative estimate of drug-likeness (QED) is 0.771. The smallest absolute Gasteiger partial charge is 0.341 e. The minimum Gasteiger partial charge on any atom is -0.494 e. The van der Waals surface area contributed by atoms with Crippen molar-refractivity contribution < 1.29 is 14.3 Å². The molecule has 0 saturated carbocycles. The van der Waals surface area contributed by atoms with Crippen LogP contribution in [0.2, 0.25) is 10.0 Å². The molecule has 3 nitrogen and oxygen atoms in total. The van der Waals surface area contributed by atoms with Gasteiger partial charge >= 0.3 is 5.97 Å². The van der Waals surface area contributed by atoms with Crippen LogP contribution >= 0.6 is 23.2 Å². The van der Waals surface area contributed by atoms with Gasteiger partial charge in [-0.05, 0) is 19.1 Å². The SMILES string of the molecule is CCOC(=O)c1ccc(Cl)c(Cl)c1OC. The van der Waals surface area contributed by atoms with Crippen molar-refractivity contribution in [3.63, 3.8) is 0 Å². The lowest BCUT2D eigenvalue weighted by molar-refractivity contribution is 0.0523. The number of carbonyl (C=O) groups is 1. The lowest BCUT2D eigenvalue weighted by Crippen LogP contribution is -2.07. The van der Waals surface area contributed by atoms with Crippen LogP contribution in [-0.4, -0.2) is 19.7 Å². The zero-order valence-corrected chi connectivity index (χ0v) is 9.85. The average Bonchev–Trinajstić information content (AvgIpc) is 2.22. The van der Waals surface area contributed by atoms with E-state index in [0.29, 0.717) is 11.6 Å². The second kappa shape index (κ2) is 5.24. The minimum absolute atomic E-state index is 0.213. The molecule has 0 aliphatic carbocycles. The predicted molar refractivity (Wildman–Crippen MR) is 59.0 cm³/mol. The van der Waals surface area contributed by atoms with Gasteiger partial charge < -0.3 is 9.47 Å². The molecule has 0 spiro atoms. The van der Waals surface area contributed by atoms with E-state index in [0.717, 1.165) is 0 Å². The Morgan fingerprint density at radius 2 is 2.07 bits per heavy atom. The van der Waals surface area contributed by atoms with Crippen LogP contribution in [0.1, 0.15) is 17.3 Å². The molecule has 0 amide bonds. The van der Waals surface area contributed by atoms with Gasteiger partial charge in [-0.15, -0.1) is 0 Å². The van der Waals surface area contributed by atoms with E-state index in [2.05, 4.69) is 0 Å². The van der Waals surface area contributed by atoms with Crippen molar-refractivity contribution in [3.05, 3.63) is 27.7 Å². The second-order valence-electron chi connectivity index (χ2n) is 2.66. The highest BCUT2D eigenvalue weighted by Crippen LogP contribution is 2.35. The highest BCUT2D eigenvalue weighted by Gasteiger charge is 2.17. The van der Waals surface area contributed by atoms with Crippen molar-refractivity contribution in [2.45, 2.75) is 6.92 Å². The van der Waals surface area contributed by atoms with Crippen LogP contribution in [0.25, 0.3) is 0 Å². The van der Waals surface area contributed by atoms with Crippen molar-refractivity contribution in [1.29, 1.82) is 0 Å². The molecule has 0 fully saturated rings. The predicted octanol–water partition coefficient (Wildman–Crippen LogP) is 3.18. The molecule has 0 atom stereocenters. The zero-order valence-electron chi connectivity index (χ0n) is 8.34. The minimum atomic E-state index is -0.479. The van der Waals surface area contributed by atoms with E-state index in [1.165, 1.54) is 19.2 Å². The van der Waals surface area contributed by atoms with E-state index < -0.39 is 5.97 Å². The van der Waals surface area contributed by atoms with Crippen LogP contribution in [0, 0.1) is 0 Å². The molecule has 0 aromatic heterocycles. The van der Waals surface area contributed by atoms with Crippen LogP contribution in [0.3, 0.4) is 0 Å². The molecular weight excluding hydrogens is 239 g/mol. The first-order valence-corrected chi connectivity index (χ1v) is 5.06. The Hall–Kier alpha value is -0.930. The largest absolute Gasteiger partial charge is 0.494 e. The van der Waals surface area contributed by atoms with Crippen molar-refractivity contribution in [2.24, 2.45) is 0 Å². The van der Waals surface area contributed by atoms with Gasteiger partial charge in [0.15, 0.2) is 5.75 Å². The van der Waals surface area contributed by atoms with Gasteiger partial charge in [0.25, 0.3) is 0 Å². The topological polar surface area (TPSA) is 35.5 Å². The molecule has 0 unspecified atom stereocenters. The molecule has 15 heavy (non-hydrogen) atoms. The highest BCUT2D eigenvalue weighted by atomic mass is 35.5. The lowest BCUT2D eigenvalue weighted by Gasteiger charge is -2.10. The van der Waals surface area contributed by atoms with E-state index in [1.54, 1.807) is 6.92 Å². The van der Waals surface area contributed by atoms with E-state index in [4.69, 9.17) is 32.7 Å². The van der Waals surface area contributed by atoms with Gasteiger partial charge in [-0.2, -0.15) is 0 Å². The number of hydrogen-bond acceptors (Lipinski definition) is 3. The summed E-state index contributed by atoms with van der Waals surface area (Å²) in [5, 5.41) is 0.547. The van der Waals surface area contributed by atoms with Gasteiger partial charge in [0.1, 0.15) is 10.6 Å². The van der Waals surface area contributed by atoms with Gasteiger partial charge in [-0.1, -0.05) is 23.2 Å². The maximum absolute atomic E-state index is 11.5. The summed E-state index contributed by atoms with van der Waals surface area (Å²) in [5.41, 5.74) is 0.272. The maximum atomic E-state index is 11.5. The number of rotatable bonds is 3. The monoisotopic (exact) mass is 248 g/mol. The van der Waals surface area contributed by atoms with Crippen molar-refractivity contribution in [2.75, 3.05) is 13.7 Å². The van der Waals surface area contributed by atoms with Gasteiger partial charge in [0, 0.05) is 0 Å². The van der Waals surface area contributed by atoms with Crippen LogP contribution in [0.15, 0.2) is 12.1 Å². The summed E-state index contributed by atoms with van der Waals surface area (Å²) < 4.78 is 9.85. The molecular formula is C10H10Cl2O3. The molecule has 0 heterocycles. The first-order valence-electron chi connectivity index (χ1n) is 4.31. The first-order chi connectivity index (χ1) is 7.11. The third kappa shape index (κ3) is 2.55. The molecule has 82 valence electrons. The lowest BCUT2D eigenvalue weighted by atomic mass is 10.2. The molecule has 0 bridgehead atoms. The summed E-state index contributed by atoms with van der Waals surface area (Å²) in [6.07, 6.45) is 0. The second-order valence-corrected chi connectivity index (χ2v) is 3.45. The van der Waals surface area contributed by atoms with Crippen LogP contribution < -0.4 is 4.74 Å². The highest BCUT2D eigenvalue weighted by molar-refractivity contribution is 6.43. The Morgan fingerprint density at radius 3 is 2.60 bits per heavy atom. The van der Waals surface area contributed by atoms with Gasteiger partial charge in [-0.25, -0.2) is 4.79 Å². The van der Waals surface area contributed by atoms with Crippen molar-refractivity contribution >= 4 is 29.2 Å². The van der Waals surface area contributed by atoms with Crippen LogP contribution in [0.4, 0.5) is 0 Å². The van der Waals surface area contributed by atoms with E-state index in [-0.39, 0.29) is 16.3 Å². The normalized spacial score (nSPS) is 9.87. The fraction of sp³-hybridized carbons (Fsp3) is 0.300. The summed E-state index contributed by atoms with van der Waals surface area (Å²) in [4.78, 5) is 11.5. The van der Waals surface area contributed by atoms with Crippen molar-refractivity contribution in [3.8, 4) is 5.75 Å². The molecule has 5 heteroatoms. The number of esters is 1. The summed E-state index contributed by atoms with van der Waals surface area (Å²) in [5.74, 6) is -0.240. The fourth-order valence-corrected chi connectivity index (χ4v) is 1.49. The summed E-state index contributed by atoms with van der Waals surface area (Å²) in [7, 11) is 1.42.